The van der Waals surface area contributed by atoms with Gasteiger partial charge in [-0.2, -0.15) is 0 Å². The van der Waals surface area contributed by atoms with E-state index in [0.29, 0.717) is 18.1 Å². The molecule has 16 heavy (non-hydrogen) atoms. The molecular weight excluding hydrogens is 230 g/mol. The Kier molecular flexibility index (Phi) is 3.26. The number of nitrogens with zero attached hydrogens (tertiary/aromatic N) is 2. The summed E-state index contributed by atoms with van der Waals surface area (Å²) in [5.74, 6) is 1.77. The Morgan fingerprint density at radius 3 is 3.06 bits per heavy atom. The quantitative estimate of drug-likeness (QED) is 0.830. The molecule has 0 radical (unpaired) electrons. The molecule has 0 saturated carbocycles. The highest BCUT2D eigenvalue weighted by atomic mass is 35.5. The van der Waals surface area contributed by atoms with E-state index in [4.69, 9.17) is 20.8 Å². The maximum atomic E-state index is 5.85. The molecule has 2 aromatic heterocycles. The smallest absolute Gasteiger partial charge is 0.198 e. The van der Waals surface area contributed by atoms with E-state index >= 15 is 0 Å². The van der Waals surface area contributed by atoms with E-state index < -0.39 is 0 Å². The van der Waals surface area contributed by atoms with Gasteiger partial charge in [0.25, 0.3) is 0 Å². The van der Waals surface area contributed by atoms with Crippen LogP contribution in [0.5, 0.6) is 5.75 Å². The second-order valence-electron chi connectivity index (χ2n) is 2.98. The Hall–Kier alpha value is -1.75. The van der Waals surface area contributed by atoms with Crippen molar-refractivity contribution < 1.29 is 9.15 Å². The van der Waals surface area contributed by atoms with Crippen LogP contribution in [0.1, 0.15) is 5.76 Å². The summed E-state index contributed by atoms with van der Waals surface area (Å²) in [6, 6.07) is 3.68. The number of rotatable bonds is 4. The maximum absolute atomic E-state index is 5.85. The lowest BCUT2D eigenvalue weighted by molar-refractivity contribution is 0.412. The van der Waals surface area contributed by atoms with Gasteiger partial charge in [0, 0.05) is 0 Å². The van der Waals surface area contributed by atoms with E-state index in [1.165, 1.54) is 13.4 Å². The number of furan rings is 1. The molecule has 0 aliphatic heterocycles. The van der Waals surface area contributed by atoms with Crippen molar-refractivity contribution in [1.82, 2.24) is 9.97 Å². The Morgan fingerprint density at radius 1 is 1.50 bits per heavy atom. The molecule has 0 spiro atoms. The van der Waals surface area contributed by atoms with E-state index in [2.05, 4.69) is 15.3 Å². The highest BCUT2D eigenvalue weighted by Crippen LogP contribution is 2.28. The van der Waals surface area contributed by atoms with Crippen LogP contribution in [0.3, 0.4) is 0 Å². The van der Waals surface area contributed by atoms with Gasteiger partial charge < -0.3 is 14.5 Å². The fraction of sp³-hybridized carbons (Fsp3) is 0.200. The summed E-state index contributed by atoms with van der Waals surface area (Å²) in [5.41, 5.74) is 0. The van der Waals surface area contributed by atoms with Crippen LogP contribution in [0, 0.1) is 0 Å². The molecule has 2 heterocycles. The SMILES string of the molecule is COc1c(Cl)ncnc1NCc1ccco1. The molecule has 0 aliphatic carbocycles. The summed E-state index contributed by atoms with van der Waals surface area (Å²) in [5, 5.41) is 3.33. The van der Waals surface area contributed by atoms with Gasteiger partial charge in [-0.15, -0.1) is 0 Å². The van der Waals surface area contributed by atoms with Crippen molar-refractivity contribution in [2.24, 2.45) is 0 Å². The van der Waals surface area contributed by atoms with Crippen LogP contribution < -0.4 is 10.1 Å². The lowest BCUT2D eigenvalue weighted by Crippen LogP contribution is -2.03. The van der Waals surface area contributed by atoms with Gasteiger partial charge in [0.15, 0.2) is 16.7 Å². The zero-order valence-electron chi connectivity index (χ0n) is 8.61. The predicted octanol–water partition coefficient (Wildman–Crippen LogP) is 2.34. The topological polar surface area (TPSA) is 60.2 Å². The second kappa shape index (κ2) is 4.85. The standard InChI is InChI=1S/C10H10ClN3O2/c1-15-8-9(11)13-6-14-10(8)12-5-7-3-2-4-16-7/h2-4,6H,5H2,1H3,(H,12,13,14). The fourth-order valence-corrected chi connectivity index (χ4v) is 1.45. The van der Waals surface area contributed by atoms with E-state index in [1.807, 2.05) is 12.1 Å². The molecule has 0 amide bonds. The van der Waals surface area contributed by atoms with Gasteiger partial charge in [-0.1, -0.05) is 11.6 Å². The number of halogens is 1. The van der Waals surface area contributed by atoms with E-state index in [0.717, 1.165) is 5.76 Å². The Bertz CT molecular complexity index is 459. The first kappa shape index (κ1) is 10.8. The van der Waals surface area contributed by atoms with Gasteiger partial charge in [0.05, 0.1) is 19.9 Å². The van der Waals surface area contributed by atoms with Gasteiger partial charge >= 0.3 is 0 Å². The Labute approximate surface area is 97.4 Å². The molecule has 6 heteroatoms. The molecule has 0 bridgehead atoms. The van der Waals surface area contributed by atoms with Gasteiger partial charge in [-0.05, 0) is 12.1 Å². The van der Waals surface area contributed by atoms with Gasteiger partial charge in [0.2, 0.25) is 0 Å². The largest absolute Gasteiger partial charge is 0.490 e. The monoisotopic (exact) mass is 239 g/mol. The van der Waals surface area contributed by atoms with E-state index in [-0.39, 0.29) is 5.15 Å². The molecule has 2 rings (SSSR count). The predicted molar refractivity (Wildman–Crippen MR) is 59.6 cm³/mol. The number of aromatic nitrogens is 2. The molecule has 0 aromatic carbocycles. The zero-order chi connectivity index (χ0) is 11.4. The molecule has 5 nitrogen and oxygen atoms in total. The number of hydrogen-bond acceptors (Lipinski definition) is 5. The molecule has 0 atom stereocenters. The molecule has 0 unspecified atom stereocenters. The molecule has 84 valence electrons. The Morgan fingerprint density at radius 2 is 2.38 bits per heavy atom. The van der Waals surface area contributed by atoms with Crippen molar-refractivity contribution in [2.45, 2.75) is 6.54 Å². The lowest BCUT2D eigenvalue weighted by Gasteiger charge is -2.09. The fourth-order valence-electron chi connectivity index (χ4n) is 1.24. The highest BCUT2D eigenvalue weighted by molar-refractivity contribution is 6.31. The number of hydrogen-bond donors (Lipinski definition) is 1. The number of ether oxygens (including phenoxy) is 1. The second-order valence-corrected chi connectivity index (χ2v) is 3.34. The minimum Gasteiger partial charge on any atom is -0.490 e. The summed E-state index contributed by atoms with van der Waals surface area (Å²) in [7, 11) is 1.52. The zero-order valence-corrected chi connectivity index (χ0v) is 9.36. The third kappa shape index (κ3) is 2.25. The summed E-state index contributed by atoms with van der Waals surface area (Å²) in [6.45, 7) is 0.511. The first-order chi connectivity index (χ1) is 7.81. The number of methoxy groups -OCH3 is 1. The van der Waals surface area contributed by atoms with Gasteiger partial charge in [-0.25, -0.2) is 9.97 Å². The molecule has 0 aliphatic rings. The van der Waals surface area contributed by atoms with Gasteiger partial charge in [0.1, 0.15) is 12.1 Å². The summed E-state index contributed by atoms with van der Waals surface area (Å²) < 4.78 is 10.3. The van der Waals surface area contributed by atoms with Crippen LogP contribution in [0.15, 0.2) is 29.1 Å². The number of nitrogens with one attached hydrogen (secondary N) is 1. The maximum Gasteiger partial charge on any atom is 0.198 e. The van der Waals surface area contributed by atoms with Crippen LogP contribution in [0.2, 0.25) is 5.15 Å². The van der Waals surface area contributed by atoms with Crippen molar-refractivity contribution in [3.8, 4) is 5.75 Å². The molecule has 2 aromatic rings. The molecule has 1 N–H and O–H groups in total. The molecule has 0 saturated heterocycles. The highest BCUT2D eigenvalue weighted by Gasteiger charge is 2.09. The van der Waals surface area contributed by atoms with Gasteiger partial charge in [-0.3, -0.25) is 0 Å². The lowest BCUT2D eigenvalue weighted by atomic mass is 10.4. The van der Waals surface area contributed by atoms with Crippen molar-refractivity contribution in [3.63, 3.8) is 0 Å². The van der Waals surface area contributed by atoms with Crippen LogP contribution in [0.25, 0.3) is 0 Å². The first-order valence-corrected chi connectivity index (χ1v) is 5.00. The average molecular weight is 240 g/mol. The summed E-state index contributed by atoms with van der Waals surface area (Å²) in [4.78, 5) is 7.86. The number of anilines is 1. The van der Waals surface area contributed by atoms with Crippen LogP contribution in [-0.2, 0) is 6.54 Å². The van der Waals surface area contributed by atoms with Crippen LogP contribution in [0.4, 0.5) is 5.82 Å². The van der Waals surface area contributed by atoms with E-state index in [1.54, 1.807) is 6.26 Å². The summed E-state index contributed by atoms with van der Waals surface area (Å²) >= 11 is 5.85. The first-order valence-electron chi connectivity index (χ1n) is 4.62. The minimum absolute atomic E-state index is 0.277. The van der Waals surface area contributed by atoms with Crippen LogP contribution >= 0.6 is 11.6 Å². The van der Waals surface area contributed by atoms with Crippen molar-refractivity contribution >= 4 is 17.4 Å². The summed E-state index contributed by atoms with van der Waals surface area (Å²) in [6.07, 6.45) is 2.98. The third-order valence-corrected chi connectivity index (χ3v) is 2.24. The van der Waals surface area contributed by atoms with Crippen molar-refractivity contribution in [2.75, 3.05) is 12.4 Å². The third-order valence-electron chi connectivity index (χ3n) is 1.97. The molecular formula is C10H10ClN3O2. The average Bonchev–Trinajstić information content (AvgIpc) is 2.79. The van der Waals surface area contributed by atoms with E-state index in [9.17, 15) is 0 Å². The normalized spacial score (nSPS) is 10.1. The molecule has 0 fully saturated rings. The van der Waals surface area contributed by atoms with Crippen LogP contribution in [-0.4, -0.2) is 17.1 Å². The Balaban J connectivity index is 2.12. The van der Waals surface area contributed by atoms with Crippen molar-refractivity contribution in [1.29, 1.82) is 0 Å². The minimum atomic E-state index is 0.277. The van der Waals surface area contributed by atoms with Crippen molar-refractivity contribution in [3.05, 3.63) is 35.6 Å².